The van der Waals surface area contributed by atoms with Crippen molar-refractivity contribution in [3.8, 4) is 6.07 Å². The van der Waals surface area contributed by atoms with Crippen molar-refractivity contribution in [1.82, 2.24) is 0 Å². The van der Waals surface area contributed by atoms with Crippen molar-refractivity contribution >= 4 is 21.6 Å². The van der Waals surface area contributed by atoms with Gasteiger partial charge in [0.2, 0.25) is 0 Å². The Kier molecular flexibility index (Phi) is 3.34. The molecule has 1 fully saturated rings. The van der Waals surface area contributed by atoms with Crippen LogP contribution in [0.1, 0.15) is 12.8 Å². The Hall–Kier alpha value is -1.15. The molecule has 2 nitrogen and oxygen atoms in total. The molecule has 1 atom stereocenters. The molecule has 1 aliphatic heterocycles. The van der Waals surface area contributed by atoms with Crippen molar-refractivity contribution in [2.45, 2.75) is 24.8 Å². The summed E-state index contributed by atoms with van der Waals surface area (Å²) in [5.74, 6) is -2.70. The highest BCUT2D eigenvalue weighted by molar-refractivity contribution is 9.10. The largest absolute Gasteiger partial charge is 0.361 e. The van der Waals surface area contributed by atoms with Gasteiger partial charge in [0.25, 0.3) is 5.92 Å². The number of anilines is 1. The number of benzene rings is 1. The smallest absolute Gasteiger partial charge is 0.267 e. The third kappa shape index (κ3) is 2.75. The van der Waals surface area contributed by atoms with Crippen LogP contribution in [0.3, 0.4) is 0 Å². The van der Waals surface area contributed by atoms with Gasteiger partial charge < -0.3 is 4.90 Å². The van der Waals surface area contributed by atoms with Gasteiger partial charge in [0.15, 0.2) is 0 Å². The van der Waals surface area contributed by atoms with Crippen molar-refractivity contribution in [2.75, 3.05) is 11.4 Å². The van der Waals surface area contributed by atoms with Crippen LogP contribution in [-0.4, -0.2) is 18.5 Å². The van der Waals surface area contributed by atoms with Crippen LogP contribution in [0, 0.1) is 11.3 Å². The van der Waals surface area contributed by atoms with Gasteiger partial charge in [-0.3, -0.25) is 0 Å². The van der Waals surface area contributed by atoms with Crippen molar-refractivity contribution in [3.05, 3.63) is 28.7 Å². The Morgan fingerprint density at radius 1 is 1.41 bits per heavy atom. The molecule has 0 N–H and O–H groups in total. The molecule has 0 amide bonds. The van der Waals surface area contributed by atoms with Gasteiger partial charge in [-0.25, -0.2) is 8.78 Å². The predicted octanol–water partition coefficient (Wildman–Crippen LogP) is 3.58. The van der Waals surface area contributed by atoms with E-state index >= 15 is 0 Å². The lowest BCUT2D eigenvalue weighted by molar-refractivity contribution is 0.0225. The Labute approximate surface area is 107 Å². The Morgan fingerprint density at radius 3 is 2.65 bits per heavy atom. The zero-order valence-corrected chi connectivity index (χ0v) is 10.6. The first-order valence-corrected chi connectivity index (χ1v) is 6.08. The normalized spacial score (nSPS) is 22.5. The van der Waals surface area contributed by atoms with E-state index in [2.05, 4.69) is 15.9 Å². The summed E-state index contributed by atoms with van der Waals surface area (Å²) in [4.78, 5) is 1.62. The minimum atomic E-state index is -2.70. The monoisotopic (exact) mass is 300 g/mol. The van der Waals surface area contributed by atoms with Crippen molar-refractivity contribution in [3.63, 3.8) is 0 Å². The number of rotatable bonds is 2. The third-order valence-electron chi connectivity index (χ3n) is 2.86. The van der Waals surface area contributed by atoms with E-state index in [4.69, 9.17) is 5.26 Å². The lowest BCUT2D eigenvalue weighted by Crippen LogP contribution is -2.30. The highest BCUT2D eigenvalue weighted by Crippen LogP contribution is 2.36. The van der Waals surface area contributed by atoms with Gasteiger partial charge in [-0.05, 0) is 24.3 Å². The van der Waals surface area contributed by atoms with Crippen LogP contribution in [0.4, 0.5) is 14.5 Å². The topological polar surface area (TPSA) is 27.0 Å². The number of halogens is 3. The Balaban J connectivity index is 2.24. The number of nitriles is 1. The van der Waals surface area contributed by atoms with E-state index in [-0.39, 0.29) is 19.4 Å². The molecular weight excluding hydrogens is 290 g/mol. The van der Waals surface area contributed by atoms with Crippen molar-refractivity contribution < 1.29 is 8.78 Å². The van der Waals surface area contributed by atoms with E-state index in [9.17, 15) is 8.78 Å². The van der Waals surface area contributed by atoms with Crippen LogP contribution in [0.5, 0.6) is 0 Å². The average Bonchev–Trinajstić information content (AvgIpc) is 2.56. The molecule has 5 heteroatoms. The van der Waals surface area contributed by atoms with Crippen molar-refractivity contribution in [2.24, 2.45) is 0 Å². The number of hydrogen-bond donors (Lipinski definition) is 0. The minimum absolute atomic E-state index is 0.131. The fourth-order valence-electron chi connectivity index (χ4n) is 2.12. The third-order valence-corrected chi connectivity index (χ3v) is 3.39. The number of nitrogens with zero attached hydrogens (tertiary/aromatic N) is 2. The second-order valence-corrected chi connectivity index (χ2v) is 5.10. The van der Waals surface area contributed by atoms with E-state index in [1.165, 1.54) is 0 Å². The molecule has 1 aromatic rings. The van der Waals surface area contributed by atoms with Gasteiger partial charge >= 0.3 is 0 Å². The number of hydrogen-bond acceptors (Lipinski definition) is 2. The average molecular weight is 301 g/mol. The first-order chi connectivity index (χ1) is 8.02. The zero-order chi connectivity index (χ0) is 12.5. The summed E-state index contributed by atoms with van der Waals surface area (Å²) in [5.41, 5.74) is 0.741. The van der Waals surface area contributed by atoms with Crippen LogP contribution in [-0.2, 0) is 0 Å². The second-order valence-electron chi connectivity index (χ2n) is 4.18. The zero-order valence-electron chi connectivity index (χ0n) is 9.04. The molecule has 90 valence electrons. The molecule has 0 saturated carbocycles. The fourth-order valence-corrected chi connectivity index (χ4v) is 2.38. The Bertz CT molecular complexity index is 439. The standard InChI is InChI=1S/C12H11BrF2N2/c13-9-1-3-10(4-2-9)17-8-12(14,15)7-11(17)5-6-16/h1-4,11H,5,7-8H2. The van der Waals surface area contributed by atoms with Gasteiger partial charge in [-0.2, -0.15) is 5.26 Å². The molecule has 1 aliphatic rings. The van der Waals surface area contributed by atoms with E-state index in [0.29, 0.717) is 0 Å². The summed E-state index contributed by atoms with van der Waals surface area (Å²) in [6, 6.07) is 8.79. The highest BCUT2D eigenvalue weighted by Gasteiger charge is 2.44. The van der Waals surface area contributed by atoms with E-state index < -0.39 is 12.0 Å². The fraction of sp³-hybridized carbons (Fsp3) is 0.417. The van der Waals surface area contributed by atoms with Gasteiger partial charge in [-0.1, -0.05) is 15.9 Å². The predicted molar refractivity (Wildman–Crippen MR) is 65.1 cm³/mol. The first-order valence-electron chi connectivity index (χ1n) is 5.29. The summed E-state index contributed by atoms with van der Waals surface area (Å²) >= 11 is 3.30. The molecule has 0 aliphatic carbocycles. The molecule has 1 saturated heterocycles. The van der Waals surface area contributed by atoms with Crippen LogP contribution < -0.4 is 4.90 Å². The maximum Gasteiger partial charge on any atom is 0.267 e. The SMILES string of the molecule is N#CCC1CC(F)(F)CN1c1ccc(Br)cc1. The quantitative estimate of drug-likeness (QED) is 0.835. The summed E-state index contributed by atoms with van der Waals surface area (Å²) in [5, 5.41) is 8.68. The van der Waals surface area contributed by atoms with Gasteiger partial charge in [0, 0.05) is 22.6 Å². The summed E-state index contributed by atoms with van der Waals surface area (Å²) < 4.78 is 27.7. The van der Waals surface area contributed by atoms with E-state index in [0.717, 1.165) is 10.2 Å². The maximum absolute atomic E-state index is 13.4. The molecule has 2 rings (SSSR count). The first kappa shape index (κ1) is 12.3. The van der Waals surface area contributed by atoms with Crippen LogP contribution in [0.25, 0.3) is 0 Å². The molecule has 0 spiro atoms. The van der Waals surface area contributed by atoms with Crippen LogP contribution in [0.2, 0.25) is 0 Å². The van der Waals surface area contributed by atoms with Gasteiger partial charge in [0.05, 0.1) is 19.0 Å². The van der Waals surface area contributed by atoms with E-state index in [1.54, 1.807) is 17.0 Å². The van der Waals surface area contributed by atoms with E-state index in [1.807, 2.05) is 18.2 Å². The second kappa shape index (κ2) is 4.61. The molecule has 1 unspecified atom stereocenters. The summed E-state index contributed by atoms with van der Waals surface area (Å²) in [7, 11) is 0. The van der Waals surface area contributed by atoms with Crippen molar-refractivity contribution in [1.29, 1.82) is 5.26 Å². The molecule has 1 heterocycles. The maximum atomic E-state index is 13.4. The Morgan fingerprint density at radius 2 is 2.06 bits per heavy atom. The molecular formula is C12H11BrF2N2. The summed E-state index contributed by atoms with van der Waals surface area (Å²) in [6.45, 7) is -0.305. The molecule has 1 aromatic carbocycles. The number of alkyl halides is 2. The van der Waals surface area contributed by atoms with Gasteiger partial charge in [0.1, 0.15) is 0 Å². The lowest BCUT2D eigenvalue weighted by atomic mass is 10.1. The summed E-state index contributed by atoms with van der Waals surface area (Å²) in [6.07, 6.45) is -0.109. The molecule has 0 radical (unpaired) electrons. The van der Waals surface area contributed by atoms with Crippen LogP contribution in [0.15, 0.2) is 28.7 Å². The molecule has 0 aromatic heterocycles. The molecule has 0 bridgehead atoms. The molecule has 17 heavy (non-hydrogen) atoms. The van der Waals surface area contributed by atoms with Gasteiger partial charge in [-0.15, -0.1) is 0 Å². The highest BCUT2D eigenvalue weighted by atomic mass is 79.9. The minimum Gasteiger partial charge on any atom is -0.361 e. The lowest BCUT2D eigenvalue weighted by Gasteiger charge is -2.24. The van der Waals surface area contributed by atoms with Crippen LogP contribution >= 0.6 is 15.9 Å².